The standard InChI is InChI=1S/C18H21N3O5S/c19-27(24,25)16-6-7-17(18(12-16)21(22)23)20-10-8-14(9-11-20)13-26-15-4-2-1-3-5-15/h1-7,12,14H,8-11,13H2,(H2,19,24,25). The first-order valence-corrected chi connectivity index (χ1v) is 10.1. The minimum Gasteiger partial charge on any atom is -0.493 e. The molecule has 0 amide bonds. The highest BCUT2D eigenvalue weighted by atomic mass is 32.2. The number of nitro benzene ring substituents is 1. The van der Waals surface area contributed by atoms with Crippen LogP contribution < -0.4 is 14.8 Å². The number of rotatable bonds is 6. The number of benzene rings is 2. The molecule has 0 spiro atoms. The zero-order valence-corrected chi connectivity index (χ0v) is 15.5. The maximum absolute atomic E-state index is 11.5. The Morgan fingerprint density at radius 2 is 1.81 bits per heavy atom. The molecule has 3 rings (SSSR count). The first-order valence-electron chi connectivity index (χ1n) is 8.58. The Labute approximate surface area is 157 Å². The molecule has 0 radical (unpaired) electrons. The summed E-state index contributed by atoms with van der Waals surface area (Å²) >= 11 is 0. The molecule has 144 valence electrons. The highest BCUT2D eigenvalue weighted by Gasteiger charge is 2.26. The molecule has 27 heavy (non-hydrogen) atoms. The Hall–Kier alpha value is -2.65. The lowest BCUT2D eigenvalue weighted by Crippen LogP contribution is -2.36. The molecule has 0 aromatic heterocycles. The van der Waals surface area contributed by atoms with E-state index in [0.717, 1.165) is 24.7 Å². The molecular weight excluding hydrogens is 370 g/mol. The van der Waals surface area contributed by atoms with E-state index in [1.54, 1.807) is 0 Å². The van der Waals surface area contributed by atoms with Crippen molar-refractivity contribution >= 4 is 21.4 Å². The van der Waals surface area contributed by atoms with E-state index >= 15 is 0 Å². The van der Waals surface area contributed by atoms with Crippen LogP contribution in [0.5, 0.6) is 5.75 Å². The summed E-state index contributed by atoms with van der Waals surface area (Å²) in [4.78, 5) is 12.5. The summed E-state index contributed by atoms with van der Waals surface area (Å²) in [6.07, 6.45) is 1.67. The van der Waals surface area contributed by atoms with E-state index in [1.807, 2.05) is 35.2 Å². The van der Waals surface area contributed by atoms with Crippen molar-refractivity contribution in [1.82, 2.24) is 0 Å². The number of sulfonamides is 1. The Morgan fingerprint density at radius 1 is 1.15 bits per heavy atom. The fourth-order valence-electron chi connectivity index (χ4n) is 3.17. The molecule has 2 aromatic rings. The number of para-hydroxylation sites is 1. The summed E-state index contributed by atoms with van der Waals surface area (Å²) in [5.74, 6) is 1.19. The minimum absolute atomic E-state index is 0.250. The van der Waals surface area contributed by atoms with Crippen LogP contribution in [0.1, 0.15) is 12.8 Å². The second kappa shape index (κ2) is 7.93. The lowest BCUT2D eigenvalue weighted by molar-refractivity contribution is -0.384. The summed E-state index contributed by atoms with van der Waals surface area (Å²) in [7, 11) is -3.99. The van der Waals surface area contributed by atoms with Gasteiger partial charge in [0.2, 0.25) is 10.0 Å². The smallest absolute Gasteiger partial charge is 0.293 e. The Morgan fingerprint density at radius 3 is 2.41 bits per heavy atom. The van der Waals surface area contributed by atoms with Crippen LogP contribution in [0.2, 0.25) is 0 Å². The minimum atomic E-state index is -3.99. The Bertz CT molecular complexity index is 910. The molecular formula is C18H21N3O5S. The Balaban J connectivity index is 1.66. The molecule has 0 aliphatic carbocycles. The van der Waals surface area contributed by atoms with Crippen LogP contribution in [0.25, 0.3) is 0 Å². The van der Waals surface area contributed by atoms with Gasteiger partial charge in [0.05, 0.1) is 16.4 Å². The second-order valence-corrected chi connectivity index (χ2v) is 8.07. The first kappa shape index (κ1) is 19.1. The van der Waals surface area contributed by atoms with Crippen LogP contribution in [0.4, 0.5) is 11.4 Å². The van der Waals surface area contributed by atoms with Crippen molar-refractivity contribution in [2.75, 3.05) is 24.6 Å². The predicted octanol–water partition coefficient (Wildman–Crippen LogP) is 2.54. The van der Waals surface area contributed by atoms with E-state index in [2.05, 4.69) is 0 Å². The van der Waals surface area contributed by atoms with E-state index in [1.165, 1.54) is 12.1 Å². The molecule has 2 N–H and O–H groups in total. The third-order valence-corrected chi connectivity index (χ3v) is 5.57. The molecule has 0 saturated carbocycles. The van der Waals surface area contributed by atoms with Crippen LogP contribution in [-0.2, 0) is 10.0 Å². The van der Waals surface area contributed by atoms with Gasteiger partial charge in [-0.2, -0.15) is 0 Å². The van der Waals surface area contributed by atoms with Crippen LogP contribution in [0.3, 0.4) is 0 Å². The van der Waals surface area contributed by atoms with Crippen LogP contribution >= 0.6 is 0 Å². The van der Waals surface area contributed by atoms with Gasteiger partial charge in [0.1, 0.15) is 11.4 Å². The van der Waals surface area contributed by atoms with Crippen molar-refractivity contribution in [2.45, 2.75) is 17.7 Å². The number of hydrogen-bond donors (Lipinski definition) is 1. The zero-order chi connectivity index (χ0) is 19.4. The fraction of sp³-hybridized carbons (Fsp3) is 0.333. The highest BCUT2D eigenvalue weighted by Crippen LogP contribution is 2.33. The number of anilines is 1. The van der Waals surface area contributed by atoms with Crippen LogP contribution in [0, 0.1) is 16.0 Å². The molecule has 0 bridgehead atoms. The molecule has 1 saturated heterocycles. The topological polar surface area (TPSA) is 116 Å². The van der Waals surface area contributed by atoms with Crippen molar-refractivity contribution < 1.29 is 18.1 Å². The number of nitrogens with zero attached hydrogens (tertiary/aromatic N) is 2. The summed E-state index contributed by atoms with van der Waals surface area (Å²) < 4.78 is 28.7. The average Bonchev–Trinajstić information content (AvgIpc) is 2.66. The number of nitrogens with two attached hydrogens (primary N) is 1. The van der Waals surface area contributed by atoms with Crippen molar-refractivity contribution in [3.63, 3.8) is 0 Å². The number of ether oxygens (including phenoxy) is 1. The van der Waals surface area contributed by atoms with Crippen molar-refractivity contribution in [2.24, 2.45) is 11.1 Å². The third kappa shape index (κ3) is 4.75. The molecule has 1 aliphatic rings. The lowest BCUT2D eigenvalue weighted by atomic mass is 9.97. The van der Waals surface area contributed by atoms with Crippen molar-refractivity contribution in [1.29, 1.82) is 0 Å². The normalized spacial score (nSPS) is 15.5. The zero-order valence-electron chi connectivity index (χ0n) is 14.7. The van der Waals surface area contributed by atoms with Crippen LogP contribution in [-0.4, -0.2) is 33.0 Å². The van der Waals surface area contributed by atoms with E-state index in [-0.39, 0.29) is 10.6 Å². The predicted molar refractivity (Wildman–Crippen MR) is 101 cm³/mol. The molecule has 1 fully saturated rings. The molecule has 2 aromatic carbocycles. The van der Waals surface area contributed by atoms with Gasteiger partial charge in [-0.3, -0.25) is 10.1 Å². The van der Waals surface area contributed by atoms with E-state index in [4.69, 9.17) is 9.88 Å². The van der Waals surface area contributed by atoms with Gasteiger partial charge in [-0.15, -0.1) is 0 Å². The van der Waals surface area contributed by atoms with Gasteiger partial charge in [-0.25, -0.2) is 13.6 Å². The monoisotopic (exact) mass is 391 g/mol. The maximum Gasteiger partial charge on any atom is 0.293 e. The summed E-state index contributed by atoms with van der Waals surface area (Å²) in [5.41, 5.74) is 0.162. The fourth-order valence-corrected chi connectivity index (χ4v) is 3.70. The highest BCUT2D eigenvalue weighted by molar-refractivity contribution is 7.89. The number of primary sulfonamides is 1. The van der Waals surface area contributed by atoms with Crippen LogP contribution in [0.15, 0.2) is 53.4 Å². The molecule has 1 aliphatic heterocycles. The van der Waals surface area contributed by atoms with Gasteiger partial charge in [-0.05, 0) is 43.0 Å². The molecule has 8 nitrogen and oxygen atoms in total. The SMILES string of the molecule is NS(=O)(=O)c1ccc(N2CCC(COc3ccccc3)CC2)c([N+](=O)[O-])c1. The molecule has 0 atom stereocenters. The van der Waals surface area contributed by atoms with Crippen molar-refractivity contribution in [3.05, 3.63) is 58.6 Å². The van der Waals surface area contributed by atoms with Gasteiger partial charge >= 0.3 is 0 Å². The third-order valence-electron chi connectivity index (χ3n) is 4.66. The van der Waals surface area contributed by atoms with E-state index in [9.17, 15) is 18.5 Å². The molecule has 9 heteroatoms. The van der Waals surface area contributed by atoms with Crippen molar-refractivity contribution in [3.8, 4) is 5.75 Å². The van der Waals surface area contributed by atoms with Gasteiger partial charge in [0, 0.05) is 19.2 Å². The quantitative estimate of drug-likeness (QED) is 0.597. The van der Waals surface area contributed by atoms with Gasteiger partial charge in [-0.1, -0.05) is 18.2 Å². The first-order chi connectivity index (χ1) is 12.8. The van der Waals surface area contributed by atoms with Gasteiger partial charge < -0.3 is 9.64 Å². The van der Waals surface area contributed by atoms with Gasteiger partial charge in [0.25, 0.3) is 5.69 Å². The number of piperidine rings is 1. The lowest BCUT2D eigenvalue weighted by Gasteiger charge is -2.33. The van der Waals surface area contributed by atoms with E-state index in [0.29, 0.717) is 31.3 Å². The largest absolute Gasteiger partial charge is 0.493 e. The molecule has 1 heterocycles. The maximum atomic E-state index is 11.5. The summed E-state index contributed by atoms with van der Waals surface area (Å²) in [5, 5.41) is 16.5. The van der Waals surface area contributed by atoms with Gasteiger partial charge in [0.15, 0.2) is 0 Å². The molecule has 0 unspecified atom stereocenters. The summed E-state index contributed by atoms with van der Waals surface area (Å²) in [6.45, 7) is 1.88. The second-order valence-electron chi connectivity index (χ2n) is 6.51. The van der Waals surface area contributed by atoms with E-state index < -0.39 is 14.9 Å². The number of hydrogen-bond acceptors (Lipinski definition) is 6. The summed E-state index contributed by atoms with van der Waals surface area (Å²) in [6, 6.07) is 13.4. The number of nitro groups is 1. The average molecular weight is 391 g/mol. The Kier molecular flexibility index (Phi) is 5.62.